The van der Waals surface area contributed by atoms with Crippen molar-refractivity contribution in [3.05, 3.63) is 0 Å². The average Bonchev–Trinajstić information content (AvgIpc) is 3.04. The number of amides is 2. The van der Waals surface area contributed by atoms with Crippen LogP contribution >= 0.6 is 0 Å². The lowest BCUT2D eigenvalue weighted by Crippen LogP contribution is -2.47. The molecule has 5 heteroatoms. The van der Waals surface area contributed by atoms with E-state index in [1.165, 1.54) is 12.8 Å². The zero-order valence-corrected chi connectivity index (χ0v) is 12.0. The third kappa shape index (κ3) is 2.50. The lowest BCUT2D eigenvalue weighted by Gasteiger charge is -2.26. The first-order valence-corrected chi connectivity index (χ1v) is 7.91. The summed E-state index contributed by atoms with van der Waals surface area (Å²) >= 11 is 0. The van der Waals surface area contributed by atoms with Gasteiger partial charge in [-0.2, -0.15) is 0 Å². The second-order valence-corrected chi connectivity index (χ2v) is 6.62. The van der Waals surface area contributed by atoms with Gasteiger partial charge in [0.15, 0.2) is 0 Å². The minimum atomic E-state index is -0.750. The van der Waals surface area contributed by atoms with E-state index in [1.54, 1.807) is 0 Å². The zero-order valence-electron chi connectivity index (χ0n) is 12.0. The van der Waals surface area contributed by atoms with Crippen LogP contribution in [-0.4, -0.2) is 40.1 Å². The van der Waals surface area contributed by atoms with Gasteiger partial charge in [-0.15, -0.1) is 0 Å². The molecule has 2 heterocycles. The Bertz CT molecular complexity index is 408. The van der Waals surface area contributed by atoms with E-state index in [-0.39, 0.29) is 30.1 Å². The van der Waals surface area contributed by atoms with E-state index in [0.29, 0.717) is 6.42 Å². The molecule has 2 N–H and O–H groups in total. The molecule has 4 atom stereocenters. The predicted molar refractivity (Wildman–Crippen MR) is 74.3 cm³/mol. The molecule has 1 aliphatic carbocycles. The molecule has 112 valence electrons. The SMILES string of the molecule is CCC(CC1CC1)NC(=O)N1C2CCC1C(C(=O)O)C2. The Balaban J connectivity index is 1.60. The second kappa shape index (κ2) is 5.26. The van der Waals surface area contributed by atoms with E-state index in [9.17, 15) is 14.7 Å². The van der Waals surface area contributed by atoms with Gasteiger partial charge in [0.25, 0.3) is 0 Å². The molecule has 2 bridgehead atoms. The maximum Gasteiger partial charge on any atom is 0.318 e. The monoisotopic (exact) mass is 280 g/mol. The Morgan fingerprint density at radius 2 is 2.05 bits per heavy atom. The van der Waals surface area contributed by atoms with Crippen molar-refractivity contribution in [3.8, 4) is 0 Å². The quantitative estimate of drug-likeness (QED) is 0.811. The van der Waals surface area contributed by atoms with E-state index in [2.05, 4.69) is 12.2 Å². The van der Waals surface area contributed by atoms with Crippen LogP contribution in [0.3, 0.4) is 0 Å². The van der Waals surface area contributed by atoms with Crippen molar-refractivity contribution in [1.29, 1.82) is 0 Å². The van der Waals surface area contributed by atoms with Crippen LogP contribution in [0, 0.1) is 11.8 Å². The van der Waals surface area contributed by atoms with Crippen LogP contribution < -0.4 is 5.32 Å². The van der Waals surface area contributed by atoms with Gasteiger partial charge >= 0.3 is 12.0 Å². The first-order chi connectivity index (χ1) is 9.60. The molecular weight excluding hydrogens is 256 g/mol. The molecule has 20 heavy (non-hydrogen) atoms. The van der Waals surface area contributed by atoms with Crippen molar-refractivity contribution in [1.82, 2.24) is 10.2 Å². The maximum absolute atomic E-state index is 12.5. The Morgan fingerprint density at radius 1 is 1.30 bits per heavy atom. The molecule has 2 aliphatic heterocycles. The minimum Gasteiger partial charge on any atom is -0.481 e. The lowest BCUT2D eigenvalue weighted by molar-refractivity contribution is -0.142. The predicted octanol–water partition coefficient (Wildman–Crippen LogP) is 2.21. The first kappa shape index (κ1) is 13.7. The summed E-state index contributed by atoms with van der Waals surface area (Å²) in [4.78, 5) is 25.5. The van der Waals surface area contributed by atoms with Crippen LogP contribution in [0.4, 0.5) is 4.79 Å². The molecule has 0 spiro atoms. The summed E-state index contributed by atoms with van der Waals surface area (Å²) in [7, 11) is 0. The molecule has 5 nitrogen and oxygen atoms in total. The Kier molecular flexibility index (Phi) is 3.61. The molecule has 4 unspecified atom stereocenters. The van der Waals surface area contributed by atoms with Crippen LogP contribution in [0.2, 0.25) is 0 Å². The summed E-state index contributed by atoms with van der Waals surface area (Å²) in [6.07, 6.45) is 7.05. The Morgan fingerprint density at radius 3 is 2.60 bits per heavy atom. The van der Waals surface area contributed by atoms with Gasteiger partial charge in [0, 0.05) is 18.1 Å². The van der Waals surface area contributed by atoms with Gasteiger partial charge in [0.2, 0.25) is 0 Å². The standard InChI is InChI=1S/C15H24N2O3/c1-2-10(7-9-3-4-9)16-15(20)17-11-5-6-13(17)12(8-11)14(18)19/h9-13H,2-8H2,1H3,(H,16,20)(H,18,19). The van der Waals surface area contributed by atoms with Gasteiger partial charge in [-0.05, 0) is 38.0 Å². The summed E-state index contributed by atoms with van der Waals surface area (Å²) in [6.45, 7) is 2.10. The van der Waals surface area contributed by atoms with E-state index >= 15 is 0 Å². The van der Waals surface area contributed by atoms with Gasteiger partial charge in [0.1, 0.15) is 0 Å². The lowest BCUT2D eigenvalue weighted by atomic mass is 9.89. The number of carbonyl (C=O) groups is 2. The van der Waals surface area contributed by atoms with Crippen LogP contribution in [0.1, 0.15) is 51.9 Å². The van der Waals surface area contributed by atoms with E-state index in [1.807, 2.05) is 4.90 Å². The molecule has 0 aromatic carbocycles. The molecule has 2 amide bonds. The third-order valence-electron chi connectivity index (χ3n) is 5.22. The largest absolute Gasteiger partial charge is 0.481 e. The summed E-state index contributed by atoms with van der Waals surface area (Å²) in [5.74, 6) is -0.314. The number of rotatable bonds is 5. The number of nitrogens with one attached hydrogen (secondary N) is 1. The number of fused-ring (bicyclic) bond motifs is 2. The van der Waals surface area contributed by atoms with Gasteiger partial charge in [-0.25, -0.2) is 4.79 Å². The fourth-order valence-electron chi connectivity index (χ4n) is 3.90. The highest BCUT2D eigenvalue weighted by molar-refractivity contribution is 5.79. The summed E-state index contributed by atoms with van der Waals surface area (Å²) in [5.41, 5.74) is 0. The van der Waals surface area contributed by atoms with Crippen LogP contribution in [-0.2, 0) is 4.79 Å². The number of urea groups is 1. The number of nitrogens with zero attached hydrogens (tertiary/aromatic N) is 1. The highest BCUT2D eigenvalue weighted by atomic mass is 16.4. The fourth-order valence-corrected chi connectivity index (χ4v) is 3.90. The van der Waals surface area contributed by atoms with Gasteiger partial charge < -0.3 is 15.3 Å². The summed E-state index contributed by atoms with van der Waals surface area (Å²) < 4.78 is 0. The molecule has 0 aromatic heterocycles. The highest BCUT2D eigenvalue weighted by Crippen LogP contribution is 2.42. The highest BCUT2D eigenvalue weighted by Gasteiger charge is 2.51. The van der Waals surface area contributed by atoms with Crippen LogP contribution in [0.15, 0.2) is 0 Å². The second-order valence-electron chi connectivity index (χ2n) is 6.62. The molecule has 2 saturated heterocycles. The van der Waals surface area contributed by atoms with Crippen molar-refractivity contribution in [2.45, 2.75) is 70.0 Å². The Hall–Kier alpha value is -1.26. The van der Waals surface area contributed by atoms with E-state index in [4.69, 9.17) is 0 Å². The van der Waals surface area contributed by atoms with Crippen molar-refractivity contribution < 1.29 is 14.7 Å². The molecule has 3 rings (SSSR count). The fraction of sp³-hybridized carbons (Fsp3) is 0.867. The molecule has 0 aromatic rings. The number of hydrogen-bond acceptors (Lipinski definition) is 2. The van der Waals surface area contributed by atoms with E-state index < -0.39 is 5.97 Å². The molecule has 3 aliphatic rings. The number of carbonyl (C=O) groups excluding carboxylic acids is 1. The van der Waals surface area contributed by atoms with Gasteiger partial charge in [-0.1, -0.05) is 19.8 Å². The normalized spacial score (nSPS) is 33.2. The smallest absolute Gasteiger partial charge is 0.318 e. The van der Waals surface area contributed by atoms with Crippen molar-refractivity contribution in [2.75, 3.05) is 0 Å². The van der Waals surface area contributed by atoms with Crippen molar-refractivity contribution in [3.63, 3.8) is 0 Å². The number of carboxylic acid groups (broad SMARTS) is 1. The molecule has 3 fully saturated rings. The molecular formula is C15H24N2O3. The number of aliphatic carboxylic acids is 1. The van der Waals surface area contributed by atoms with Crippen molar-refractivity contribution >= 4 is 12.0 Å². The molecule has 1 saturated carbocycles. The summed E-state index contributed by atoms with van der Waals surface area (Å²) in [5, 5.41) is 12.4. The van der Waals surface area contributed by atoms with Gasteiger partial charge in [-0.3, -0.25) is 4.79 Å². The topological polar surface area (TPSA) is 69.6 Å². The van der Waals surface area contributed by atoms with E-state index in [0.717, 1.165) is 31.6 Å². The maximum atomic E-state index is 12.5. The molecule has 0 radical (unpaired) electrons. The number of carboxylic acids is 1. The van der Waals surface area contributed by atoms with Crippen LogP contribution in [0.25, 0.3) is 0 Å². The Labute approximate surface area is 119 Å². The average molecular weight is 280 g/mol. The van der Waals surface area contributed by atoms with Crippen molar-refractivity contribution in [2.24, 2.45) is 11.8 Å². The van der Waals surface area contributed by atoms with Crippen LogP contribution in [0.5, 0.6) is 0 Å². The minimum absolute atomic E-state index is 0.0336. The first-order valence-electron chi connectivity index (χ1n) is 7.91. The zero-order chi connectivity index (χ0) is 14.3. The number of hydrogen-bond donors (Lipinski definition) is 2. The summed E-state index contributed by atoms with van der Waals surface area (Å²) in [6, 6.07) is 0.266. The van der Waals surface area contributed by atoms with Gasteiger partial charge in [0.05, 0.1) is 5.92 Å². The third-order valence-corrected chi connectivity index (χ3v) is 5.22.